The summed E-state index contributed by atoms with van der Waals surface area (Å²) in [4.78, 5) is -0.483. The molecular weight excluding hydrogens is 364 g/mol. The lowest BCUT2D eigenvalue weighted by atomic mass is 9.85. The maximum Gasteiger partial charge on any atom is 0.247 e. The third-order valence-corrected chi connectivity index (χ3v) is 6.72. The van der Waals surface area contributed by atoms with Gasteiger partial charge in [-0.05, 0) is 46.7 Å². The molecule has 1 aromatic carbocycles. The van der Waals surface area contributed by atoms with Gasteiger partial charge in [-0.3, -0.25) is 0 Å². The standard InChI is InChI=1S/C14H18BrF2NO2S/c1-14(2)4-3-6-18(7-5-14)21(19,20)13-11(15)8-10(16)9-12(13)17/h8-9H,3-7H2,1-2H3. The molecular formula is C14H18BrF2NO2S. The lowest BCUT2D eigenvalue weighted by molar-refractivity contribution is 0.314. The lowest BCUT2D eigenvalue weighted by Gasteiger charge is -2.23. The van der Waals surface area contributed by atoms with Gasteiger partial charge in [0.15, 0.2) is 0 Å². The van der Waals surface area contributed by atoms with E-state index in [2.05, 4.69) is 29.8 Å². The predicted octanol–water partition coefficient (Wildman–Crippen LogP) is 3.93. The summed E-state index contributed by atoms with van der Waals surface area (Å²) in [5.74, 6) is -1.87. The fourth-order valence-electron chi connectivity index (χ4n) is 2.54. The zero-order chi connectivity index (χ0) is 15.8. The summed E-state index contributed by atoms with van der Waals surface area (Å²) in [6.07, 6.45) is 2.37. The van der Waals surface area contributed by atoms with E-state index in [1.54, 1.807) is 0 Å². The lowest BCUT2D eigenvalue weighted by Crippen LogP contribution is -2.33. The normalized spacial score (nSPS) is 20.2. The molecule has 1 fully saturated rings. The van der Waals surface area contributed by atoms with Crippen molar-refractivity contribution in [3.63, 3.8) is 0 Å². The molecule has 21 heavy (non-hydrogen) atoms. The average Bonchev–Trinajstić information content (AvgIpc) is 2.48. The van der Waals surface area contributed by atoms with Crippen LogP contribution in [0.5, 0.6) is 0 Å². The van der Waals surface area contributed by atoms with Gasteiger partial charge in [0.25, 0.3) is 0 Å². The molecule has 0 amide bonds. The van der Waals surface area contributed by atoms with Crippen molar-refractivity contribution >= 4 is 26.0 Å². The Morgan fingerprint density at radius 2 is 1.86 bits per heavy atom. The minimum atomic E-state index is -3.97. The van der Waals surface area contributed by atoms with Crippen LogP contribution in [0.25, 0.3) is 0 Å². The van der Waals surface area contributed by atoms with Crippen LogP contribution in [0.2, 0.25) is 0 Å². The average molecular weight is 382 g/mol. The Hall–Kier alpha value is -0.530. The topological polar surface area (TPSA) is 37.4 Å². The first-order valence-electron chi connectivity index (χ1n) is 6.78. The predicted molar refractivity (Wildman–Crippen MR) is 80.4 cm³/mol. The van der Waals surface area contributed by atoms with Crippen molar-refractivity contribution in [3.05, 3.63) is 28.2 Å². The molecule has 0 aliphatic carbocycles. The molecule has 2 rings (SSSR count). The number of halogens is 3. The molecule has 1 heterocycles. The minimum Gasteiger partial charge on any atom is -0.207 e. The van der Waals surface area contributed by atoms with Crippen molar-refractivity contribution < 1.29 is 17.2 Å². The first kappa shape index (κ1) is 16.8. The van der Waals surface area contributed by atoms with Gasteiger partial charge in [0, 0.05) is 23.6 Å². The number of hydrogen-bond acceptors (Lipinski definition) is 2. The first-order valence-corrected chi connectivity index (χ1v) is 9.01. The van der Waals surface area contributed by atoms with E-state index >= 15 is 0 Å². The van der Waals surface area contributed by atoms with Crippen LogP contribution < -0.4 is 0 Å². The highest BCUT2D eigenvalue weighted by Crippen LogP contribution is 2.34. The quantitative estimate of drug-likeness (QED) is 0.778. The molecule has 118 valence electrons. The molecule has 1 aliphatic heterocycles. The summed E-state index contributed by atoms with van der Waals surface area (Å²) in [5.41, 5.74) is 0.0723. The molecule has 1 saturated heterocycles. The van der Waals surface area contributed by atoms with Crippen LogP contribution in [-0.4, -0.2) is 25.8 Å². The molecule has 0 bridgehead atoms. The molecule has 0 saturated carbocycles. The van der Waals surface area contributed by atoms with Gasteiger partial charge in [0.2, 0.25) is 10.0 Å². The molecule has 0 spiro atoms. The summed E-state index contributed by atoms with van der Waals surface area (Å²) in [7, 11) is -3.97. The SMILES string of the molecule is CC1(C)CCCN(S(=O)(=O)c2c(F)cc(F)cc2Br)CC1. The smallest absolute Gasteiger partial charge is 0.207 e. The Balaban J connectivity index is 2.39. The summed E-state index contributed by atoms with van der Waals surface area (Å²) in [6.45, 7) is 4.89. The maximum absolute atomic E-state index is 13.9. The molecule has 3 nitrogen and oxygen atoms in total. The third kappa shape index (κ3) is 3.63. The molecule has 1 aromatic rings. The van der Waals surface area contributed by atoms with Gasteiger partial charge in [-0.1, -0.05) is 13.8 Å². The van der Waals surface area contributed by atoms with Crippen LogP contribution in [0.4, 0.5) is 8.78 Å². The molecule has 1 aliphatic rings. The molecule has 0 aromatic heterocycles. The summed E-state index contributed by atoms with van der Waals surface area (Å²) in [5, 5.41) is 0. The number of rotatable bonds is 2. The zero-order valence-corrected chi connectivity index (χ0v) is 14.4. The Labute approximate surface area is 132 Å². The fraction of sp³-hybridized carbons (Fsp3) is 0.571. The van der Waals surface area contributed by atoms with E-state index in [1.807, 2.05) is 0 Å². The van der Waals surface area contributed by atoms with Crippen molar-refractivity contribution in [1.82, 2.24) is 4.31 Å². The largest absolute Gasteiger partial charge is 0.247 e. The van der Waals surface area contributed by atoms with Crippen LogP contribution >= 0.6 is 15.9 Å². The third-order valence-electron chi connectivity index (χ3n) is 3.86. The van der Waals surface area contributed by atoms with E-state index in [0.717, 1.165) is 18.9 Å². The Bertz CT molecular complexity index is 623. The second-order valence-electron chi connectivity index (χ2n) is 6.12. The van der Waals surface area contributed by atoms with E-state index in [9.17, 15) is 17.2 Å². The van der Waals surface area contributed by atoms with Gasteiger partial charge in [0.05, 0.1) is 0 Å². The van der Waals surface area contributed by atoms with Crippen LogP contribution in [0.1, 0.15) is 33.1 Å². The summed E-state index contributed by atoms with van der Waals surface area (Å²) < 4.78 is 53.6. The van der Waals surface area contributed by atoms with Gasteiger partial charge in [-0.25, -0.2) is 17.2 Å². The van der Waals surface area contributed by atoms with Crippen molar-refractivity contribution in [2.24, 2.45) is 5.41 Å². The van der Waals surface area contributed by atoms with Crippen LogP contribution in [0.15, 0.2) is 21.5 Å². The van der Waals surface area contributed by atoms with Gasteiger partial charge < -0.3 is 0 Å². The highest BCUT2D eigenvalue weighted by Gasteiger charge is 2.33. The van der Waals surface area contributed by atoms with Crippen LogP contribution in [0, 0.1) is 17.0 Å². The highest BCUT2D eigenvalue weighted by atomic mass is 79.9. The monoisotopic (exact) mass is 381 g/mol. The second-order valence-corrected chi connectivity index (χ2v) is 8.85. The maximum atomic E-state index is 13.9. The fourth-order valence-corrected chi connectivity index (χ4v) is 5.13. The van der Waals surface area contributed by atoms with E-state index in [-0.39, 0.29) is 9.89 Å². The van der Waals surface area contributed by atoms with Crippen LogP contribution in [-0.2, 0) is 10.0 Å². The Morgan fingerprint density at radius 1 is 1.19 bits per heavy atom. The summed E-state index contributed by atoms with van der Waals surface area (Å²) in [6, 6.07) is 1.57. The first-order chi connectivity index (χ1) is 9.63. The van der Waals surface area contributed by atoms with Crippen molar-refractivity contribution in [2.45, 2.75) is 38.0 Å². The Kier molecular flexibility index (Phi) is 4.75. The second kappa shape index (κ2) is 5.93. The number of sulfonamides is 1. The zero-order valence-electron chi connectivity index (χ0n) is 12.0. The number of hydrogen-bond donors (Lipinski definition) is 0. The Morgan fingerprint density at radius 3 is 2.48 bits per heavy atom. The molecule has 0 unspecified atom stereocenters. The van der Waals surface area contributed by atoms with E-state index in [4.69, 9.17) is 0 Å². The van der Waals surface area contributed by atoms with Gasteiger partial charge in [-0.15, -0.1) is 0 Å². The highest BCUT2D eigenvalue weighted by molar-refractivity contribution is 9.10. The number of nitrogens with zero attached hydrogens (tertiary/aromatic N) is 1. The van der Waals surface area contributed by atoms with Crippen molar-refractivity contribution in [1.29, 1.82) is 0 Å². The van der Waals surface area contributed by atoms with Gasteiger partial charge in [0.1, 0.15) is 16.5 Å². The molecule has 0 atom stereocenters. The van der Waals surface area contributed by atoms with Crippen molar-refractivity contribution in [2.75, 3.05) is 13.1 Å². The minimum absolute atomic E-state index is 0.0723. The van der Waals surface area contributed by atoms with Crippen LogP contribution in [0.3, 0.4) is 0 Å². The molecule has 0 radical (unpaired) electrons. The van der Waals surface area contributed by atoms with E-state index in [1.165, 1.54) is 4.31 Å². The van der Waals surface area contributed by atoms with Crippen molar-refractivity contribution in [3.8, 4) is 0 Å². The van der Waals surface area contributed by atoms with Gasteiger partial charge >= 0.3 is 0 Å². The van der Waals surface area contributed by atoms with Gasteiger partial charge in [-0.2, -0.15) is 4.31 Å². The van der Waals surface area contributed by atoms with E-state index in [0.29, 0.717) is 25.6 Å². The summed E-state index contributed by atoms with van der Waals surface area (Å²) >= 11 is 2.96. The molecule has 7 heteroatoms. The molecule has 0 N–H and O–H groups in total. The van der Waals surface area contributed by atoms with E-state index < -0.39 is 26.6 Å². The number of benzene rings is 1.